The van der Waals surface area contributed by atoms with E-state index in [1.165, 1.54) is 6.07 Å². The van der Waals surface area contributed by atoms with Crippen molar-refractivity contribution in [1.82, 2.24) is 14.8 Å². The standard InChI is InChI=1S/C20H22Cl2FN3O2/c21-17-13-18(22)19(23)12-16(17)20(27)26(14-15-2-4-24-5-3-15)7-1-6-25-8-10-28-11-9-25/h2-5,12-13H,1,6-11,14H2. The number of halogens is 3. The van der Waals surface area contributed by atoms with E-state index in [0.717, 1.165) is 50.9 Å². The lowest BCUT2D eigenvalue weighted by molar-refractivity contribution is 0.0355. The van der Waals surface area contributed by atoms with E-state index in [2.05, 4.69) is 9.88 Å². The number of hydrogen-bond donors (Lipinski definition) is 0. The fraction of sp³-hybridized carbons (Fsp3) is 0.400. The molecule has 1 saturated heterocycles. The van der Waals surface area contributed by atoms with E-state index in [4.69, 9.17) is 27.9 Å². The predicted molar refractivity (Wildman–Crippen MR) is 107 cm³/mol. The van der Waals surface area contributed by atoms with Crippen molar-refractivity contribution >= 4 is 29.1 Å². The summed E-state index contributed by atoms with van der Waals surface area (Å²) in [6.45, 7) is 5.05. The van der Waals surface area contributed by atoms with Crippen LogP contribution in [0.25, 0.3) is 0 Å². The summed E-state index contributed by atoms with van der Waals surface area (Å²) in [4.78, 5) is 21.1. The van der Waals surface area contributed by atoms with Crippen LogP contribution in [-0.2, 0) is 11.3 Å². The van der Waals surface area contributed by atoms with Crippen molar-refractivity contribution < 1.29 is 13.9 Å². The molecular weight excluding hydrogens is 404 g/mol. The maximum absolute atomic E-state index is 13.9. The smallest absolute Gasteiger partial charge is 0.255 e. The highest BCUT2D eigenvalue weighted by Gasteiger charge is 2.21. The Morgan fingerprint density at radius 1 is 1.18 bits per heavy atom. The van der Waals surface area contributed by atoms with Gasteiger partial charge in [-0.3, -0.25) is 14.7 Å². The summed E-state index contributed by atoms with van der Waals surface area (Å²) in [7, 11) is 0. The number of pyridine rings is 1. The van der Waals surface area contributed by atoms with Crippen LogP contribution in [0.15, 0.2) is 36.7 Å². The van der Waals surface area contributed by atoms with E-state index in [1.807, 2.05) is 12.1 Å². The number of benzene rings is 1. The molecular formula is C20H22Cl2FN3O2. The Balaban J connectivity index is 1.73. The number of morpholine rings is 1. The van der Waals surface area contributed by atoms with Gasteiger partial charge in [0, 0.05) is 45.1 Å². The largest absolute Gasteiger partial charge is 0.379 e. The van der Waals surface area contributed by atoms with Gasteiger partial charge in [0.25, 0.3) is 5.91 Å². The molecule has 0 spiro atoms. The first-order chi connectivity index (χ1) is 13.5. The van der Waals surface area contributed by atoms with E-state index >= 15 is 0 Å². The van der Waals surface area contributed by atoms with Gasteiger partial charge in [-0.1, -0.05) is 23.2 Å². The number of hydrogen-bond acceptors (Lipinski definition) is 4. The van der Waals surface area contributed by atoms with Crippen LogP contribution in [0.5, 0.6) is 0 Å². The molecule has 5 nitrogen and oxygen atoms in total. The summed E-state index contributed by atoms with van der Waals surface area (Å²) in [6, 6.07) is 6.08. The van der Waals surface area contributed by atoms with Crippen LogP contribution >= 0.6 is 23.2 Å². The summed E-state index contributed by atoms with van der Waals surface area (Å²) >= 11 is 11.9. The van der Waals surface area contributed by atoms with Crippen molar-refractivity contribution in [3.63, 3.8) is 0 Å². The minimum absolute atomic E-state index is 0.102. The molecule has 0 atom stereocenters. The van der Waals surface area contributed by atoms with Crippen molar-refractivity contribution in [1.29, 1.82) is 0 Å². The van der Waals surface area contributed by atoms with Gasteiger partial charge in [0.1, 0.15) is 5.82 Å². The number of nitrogens with zero attached hydrogens (tertiary/aromatic N) is 3. The molecule has 1 aliphatic heterocycles. The molecule has 2 aromatic rings. The third-order valence-electron chi connectivity index (χ3n) is 4.66. The molecule has 8 heteroatoms. The van der Waals surface area contributed by atoms with Crippen molar-refractivity contribution in [2.45, 2.75) is 13.0 Å². The summed E-state index contributed by atoms with van der Waals surface area (Å²) in [5, 5.41) is 0.0406. The molecule has 1 aliphatic rings. The van der Waals surface area contributed by atoms with Crippen molar-refractivity contribution in [2.75, 3.05) is 39.4 Å². The number of carbonyl (C=O) groups is 1. The first kappa shape index (κ1) is 21.0. The second kappa shape index (κ2) is 10.2. The van der Waals surface area contributed by atoms with Crippen LogP contribution in [0.3, 0.4) is 0 Å². The van der Waals surface area contributed by atoms with E-state index in [-0.39, 0.29) is 21.5 Å². The zero-order valence-electron chi connectivity index (χ0n) is 15.4. The average molecular weight is 426 g/mol. The van der Waals surface area contributed by atoms with Gasteiger partial charge in [0.15, 0.2) is 0 Å². The van der Waals surface area contributed by atoms with Crippen LogP contribution in [0.1, 0.15) is 22.3 Å². The summed E-state index contributed by atoms with van der Waals surface area (Å²) in [5.74, 6) is -0.981. The van der Waals surface area contributed by atoms with Gasteiger partial charge in [-0.15, -0.1) is 0 Å². The number of carbonyl (C=O) groups excluding carboxylic acids is 1. The number of amides is 1. The molecule has 3 rings (SSSR count). The van der Waals surface area contributed by atoms with E-state index < -0.39 is 5.82 Å². The maximum Gasteiger partial charge on any atom is 0.255 e. The molecule has 28 heavy (non-hydrogen) atoms. The molecule has 0 aliphatic carbocycles. The molecule has 0 unspecified atom stereocenters. The lowest BCUT2D eigenvalue weighted by Crippen LogP contribution is -2.39. The van der Waals surface area contributed by atoms with Crippen LogP contribution in [0, 0.1) is 5.82 Å². The first-order valence-electron chi connectivity index (χ1n) is 9.17. The zero-order valence-corrected chi connectivity index (χ0v) is 16.9. The Hall–Kier alpha value is -1.73. The predicted octanol–water partition coefficient (Wildman–Crippen LogP) is 3.89. The molecule has 0 saturated carbocycles. The van der Waals surface area contributed by atoms with E-state index in [1.54, 1.807) is 17.3 Å². The van der Waals surface area contributed by atoms with Crippen molar-refractivity contribution in [2.24, 2.45) is 0 Å². The van der Waals surface area contributed by atoms with Gasteiger partial charge in [-0.25, -0.2) is 4.39 Å². The second-order valence-electron chi connectivity index (χ2n) is 6.64. The lowest BCUT2D eigenvalue weighted by Gasteiger charge is -2.28. The Morgan fingerprint density at radius 3 is 2.61 bits per heavy atom. The van der Waals surface area contributed by atoms with Crippen LogP contribution in [0.4, 0.5) is 4.39 Å². The van der Waals surface area contributed by atoms with Gasteiger partial charge < -0.3 is 9.64 Å². The van der Waals surface area contributed by atoms with Gasteiger partial charge in [0.05, 0.1) is 28.8 Å². The number of rotatable bonds is 7. The summed E-state index contributed by atoms with van der Waals surface area (Å²) in [6.07, 6.45) is 4.16. The van der Waals surface area contributed by atoms with Gasteiger partial charge in [-0.2, -0.15) is 0 Å². The first-order valence-corrected chi connectivity index (χ1v) is 9.93. The molecule has 0 radical (unpaired) electrons. The molecule has 0 bridgehead atoms. The number of aromatic nitrogens is 1. The number of ether oxygens (including phenoxy) is 1. The molecule has 1 aromatic heterocycles. The topological polar surface area (TPSA) is 45.7 Å². The minimum Gasteiger partial charge on any atom is -0.379 e. The van der Waals surface area contributed by atoms with Gasteiger partial charge >= 0.3 is 0 Å². The average Bonchev–Trinajstić information content (AvgIpc) is 2.71. The molecule has 1 fully saturated rings. The van der Waals surface area contributed by atoms with Gasteiger partial charge in [0.2, 0.25) is 0 Å². The fourth-order valence-corrected chi connectivity index (χ4v) is 3.59. The molecule has 0 N–H and O–H groups in total. The monoisotopic (exact) mass is 425 g/mol. The third kappa shape index (κ3) is 5.64. The SMILES string of the molecule is O=C(c1cc(F)c(Cl)cc1Cl)N(CCCN1CCOCC1)Cc1ccncc1. The third-order valence-corrected chi connectivity index (χ3v) is 5.26. The quantitative estimate of drug-likeness (QED) is 0.631. The van der Waals surface area contributed by atoms with E-state index in [0.29, 0.717) is 13.1 Å². The Labute approximate surface area is 174 Å². The fourth-order valence-electron chi connectivity index (χ4n) is 3.13. The zero-order chi connectivity index (χ0) is 19.9. The maximum atomic E-state index is 13.9. The Bertz CT molecular complexity index is 802. The molecule has 2 heterocycles. The highest BCUT2D eigenvalue weighted by molar-refractivity contribution is 6.36. The van der Waals surface area contributed by atoms with Crippen molar-refractivity contribution in [3.05, 3.63) is 63.6 Å². The molecule has 1 aromatic carbocycles. The minimum atomic E-state index is -0.661. The highest BCUT2D eigenvalue weighted by Crippen LogP contribution is 2.26. The summed E-state index contributed by atoms with van der Waals surface area (Å²) < 4.78 is 19.3. The van der Waals surface area contributed by atoms with Crippen LogP contribution < -0.4 is 0 Å². The van der Waals surface area contributed by atoms with Crippen molar-refractivity contribution in [3.8, 4) is 0 Å². The van der Waals surface area contributed by atoms with Crippen LogP contribution in [-0.4, -0.2) is 60.1 Å². The normalized spacial score (nSPS) is 14.8. The van der Waals surface area contributed by atoms with E-state index in [9.17, 15) is 9.18 Å². The van der Waals surface area contributed by atoms with Crippen LogP contribution in [0.2, 0.25) is 10.0 Å². The molecule has 1 amide bonds. The highest BCUT2D eigenvalue weighted by atomic mass is 35.5. The summed E-state index contributed by atoms with van der Waals surface area (Å²) in [5.41, 5.74) is 1.06. The lowest BCUT2D eigenvalue weighted by atomic mass is 10.1. The Kier molecular flexibility index (Phi) is 7.62. The molecule has 150 valence electrons. The van der Waals surface area contributed by atoms with Gasteiger partial charge in [-0.05, 0) is 36.2 Å². The second-order valence-corrected chi connectivity index (χ2v) is 7.45. The Morgan fingerprint density at radius 2 is 1.89 bits per heavy atom.